The first-order valence-electron chi connectivity index (χ1n) is 4.42. The number of halogens is 1. The fourth-order valence-corrected chi connectivity index (χ4v) is 2.32. The summed E-state index contributed by atoms with van der Waals surface area (Å²) >= 11 is 7.45. The van der Waals surface area contributed by atoms with Crippen molar-refractivity contribution in [1.82, 2.24) is 4.98 Å². The van der Waals surface area contributed by atoms with Gasteiger partial charge in [-0.1, -0.05) is 31.9 Å². The fraction of sp³-hybridized carbons (Fsp3) is 0.667. The lowest BCUT2D eigenvalue weighted by Crippen LogP contribution is -1.89. The maximum absolute atomic E-state index is 5.83. The van der Waals surface area contributed by atoms with E-state index >= 15 is 0 Å². The summed E-state index contributed by atoms with van der Waals surface area (Å²) in [6, 6.07) is 0. The van der Waals surface area contributed by atoms with Crippen LogP contribution in [0.15, 0.2) is 0 Å². The van der Waals surface area contributed by atoms with Gasteiger partial charge in [0.2, 0.25) is 0 Å². The SMILES string of the molecule is CCCCc1nc(Cl)sc1CC. The van der Waals surface area contributed by atoms with Crippen LogP contribution in [0.25, 0.3) is 0 Å². The Kier molecular flexibility index (Phi) is 4.02. The van der Waals surface area contributed by atoms with E-state index in [-0.39, 0.29) is 0 Å². The van der Waals surface area contributed by atoms with Crippen molar-refractivity contribution in [3.05, 3.63) is 15.0 Å². The van der Waals surface area contributed by atoms with E-state index in [4.69, 9.17) is 11.6 Å². The molecule has 0 aliphatic carbocycles. The Balaban J connectivity index is 2.68. The molecule has 0 aliphatic heterocycles. The van der Waals surface area contributed by atoms with E-state index in [2.05, 4.69) is 18.8 Å². The van der Waals surface area contributed by atoms with Crippen molar-refractivity contribution in [3.63, 3.8) is 0 Å². The molecular weight excluding hydrogens is 190 g/mol. The lowest BCUT2D eigenvalue weighted by molar-refractivity contribution is 0.774. The highest BCUT2D eigenvalue weighted by atomic mass is 35.5. The van der Waals surface area contributed by atoms with Crippen molar-refractivity contribution >= 4 is 22.9 Å². The monoisotopic (exact) mass is 203 g/mol. The Morgan fingerprint density at radius 1 is 1.42 bits per heavy atom. The summed E-state index contributed by atoms with van der Waals surface area (Å²) in [5.41, 5.74) is 1.22. The van der Waals surface area contributed by atoms with Crippen LogP contribution in [0.3, 0.4) is 0 Å². The zero-order chi connectivity index (χ0) is 8.97. The predicted molar refractivity (Wildman–Crippen MR) is 55.1 cm³/mol. The quantitative estimate of drug-likeness (QED) is 0.727. The molecule has 1 aromatic rings. The third-order valence-corrected chi connectivity index (χ3v) is 3.19. The minimum absolute atomic E-state index is 0.693. The third kappa shape index (κ3) is 2.46. The first-order valence-corrected chi connectivity index (χ1v) is 5.61. The molecule has 0 atom stereocenters. The lowest BCUT2D eigenvalue weighted by atomic mass is 10.2. The van der Waals surface area contributed by atoms with Crippen molar-refractivity contribution < 1.29 is 0 Å². The highest BCUT2D eigenvalue weighted by molar-refractivity contribution is 7.15. The lowest BCUT2D eigenvalue weighted by Gasteiger charge is -1.96. The number of aryl methyl sites for hydroxylation is 2. The number of hydrogen-bond acceptors (Lipinski definition) is 2. The molecule has 0 unspecified atom stereocenters. The maximum Gasteiger partial charge on any atom is 0.184 e. The Labute approximate surface area is 82.8 Å². The zero-order valence-corrected chi connectivity index (χ0v) is 9.13. The summed E-state index contributed by atoms with van der Waals surface area (Å²) in [5, 5.41) is 0. The van der Waals surface area contributed by atoms with Gasteiger partial charge in [-0.2, -0.15) is 0 Å². The van der Waals surface area contributed by atoms with E-state index in [0.717, 1.165) is 12.8 Å². The number of thiazole rings is 1. The van der Waals surface area contributed by atoms with E-state index in [1.165, 1.54) is 23.4 Å². The molecule has 1 aromatic heterocycles. The molecule has 0 saturated carbocycles. The molecule has 3 heteroatoms. The van der Waals surface area contributed by atoms with Crippen LogP contribution in [0.1, 0.15) is 37.3 Å². The summed E-state index contributed by atoms with van der Waals surface area (Å²) < 4.78 is 0.693. The number of nitrogens with zero attached hydrogens (tertiary/aromatic N) is 1. The van der Waals surface area contributed by atoms with Gasteiger partial charge < -0.3 is 0 Å². The van der Waals surface area contributed by atoms with E-state index in [1.807, 2.05) is 0 Å². The van der Waals surface area contributed by atoms with Crippen LogP contribution in [-0.2, 0) is 12.8 Å². The number of aromatic nitrogens is 1. The van der Waals surface area contributed by atoms with Gasteiger partial charge in [-0.25, -0.2) is 4.98 Å². The second kappa shape index (κ2) is 4.83. The van der Waals surface area contributed by atoms with Crippen LogP contribution >= 0.6 is 22.9 Å². The van der Waals surface area contributed by atoms with Gasteiger partial charge in [0, 0.05) is 4.88 Å². The summed E-state index contributed by atoms with van der Waals surface area (Å²) in [4.78, 5) is 5.66. The minimum atomic E-state index is 0.693. The minimum Gasteiger partial charge on any atom is -0.230 e. The molecule has 0 N–H and O–H groups in total. The zero-order valence-electron chi connectivity index (χ0n) is 7.56. The van der Waals surface area contributed by atoms with E-state index in [0.29, 0.717) is 4.47 Å². The van der Waals surface area contributed by atoms with Gasteiger partial charge in [-0.05, 0) is 19.3 Å². The standard InChI is InChI=1S/C9H14ClNS/c1-3-5-6-7-8(4-2)12-9(10)11-7/h3-6H2,1-2H3. The second-order valence-electron chi connectivity index (χ2n) is 2.79. The maximum atomic E-state index is 5.83. The summed E-state index contributed by atoms with van der Waals surface area (Å²) in [6.45, 7) is 4.35. The normalized spacial score (nSPS) is 10.6. The van der Waals surface area contributed by atoms with Gasteiger partial charge in [0.25, 0.3) is 0 Å². The Morgan fingerprint density at radius 3 is 2.75 bits per heavy atom. The van der Waals surface area contributed by atoms with E-state index in [1.54, 1.807) is 11.3 Å². The van der Waals surface area contributed by atoms with E-state index < -0.39 is 0 Å². The smallest absolute Gasteiger partial charge is 0.184 e. The van der Waals surface area contributed by atoms with Crippen LogP contribution in [0.5, 0.6) is 0 Å². The molecule has 0 radical (unpaired) electrons. The molecule has 68 valence electrons. The van der Waals surface area contributed by atoms with Crippen LogP contribution < -0.4 is 0 Å². The van der Waals surface area contributed by atoms with Crippen LogP contribution in [0.4, 0.5) is 0 Å². The topological polar surface area (TPSA) is 12.9 Å². The molecule has 0 aliphatic rings. The van der Waals surface area contributed by atoms with Gasteiger partial charge >= 0.3 is 0 Å². The van der Waals surface area contributed by atoms with Crippen molar-refractivity contribution in [3.8, 4) is 0 Å². The van der Waals surface area contributed by atoms with Crippen molar-refractivity contribution in [2.45, 2.75) is 39.5 Å². The molecular formula is C9H14ClNS. The largest absolute Gasteiger partial charge is 0.230 e. The first-order chi connectivity index (χ1) is 5.77. The van der Waals surface area contributed by atoms with Crippen LogP contribution in [0, 0.1) is 0 Å². The Bertz CT molecular complexity index is 245. The van der Waals surface area contributed by atoms with Crippen molar-refractivity contribution in [2.24, 2.45) is 0 Å². The first kappa shape index (κ1) is 10.0. The molecule has 0 spiro atoms. The average molecular weight is 204 g/mol. The van der Waals surface area contributed by atoms with Gasteiger partial charge in [0.1, 0.15) is 0 Å². The molecule has 1 heterocycles. The number of rotatable bonds is 4. The molecule has 0 fully saturated rings. The van der Waals surface area contributed by atoms with E-state index in [9.17, 15) is 0 Å². The number of unbranched alkanes of at least 4 members (excludes halogenated alkanes) is 1. The Morgan fingerprint density at radius 2 is 2.17 bits per heavy atom. The molecule has 0 saturated heterocycles. The third-order valence-electron chi connectivity index (χ3n) is 1.84. The molecule has 0 aromatic carbocycles. The fourth-order valence-electron chi connectivity index (χ4n) is 1.17. The van der Waals surface area contributed by atoms with Gasteiger partial charge in [-0.3, -0.25) is 0 Å². The van der Waals surface area contributed by atoms with Gasteiger partial charge in [-0.15, -0.1) is 11.3 Å². The number of hydrogen-bond donors (Lipinski definition) is 0. The molecule has 12 heavy (non-hydrogen) atoms. The summed E-state index contributed by atoms with van der Waals surface area (Å²) in [7, 11) is 0. The van der Waals surface area contributed by atoms with Gasteiger partial charge in [0.05, 0.1) is 5.69 Å². The van der Waals surface area contributed by atoms with Crippen LogP contribution in [0.2, 0.25) is 4.47 Å². The second-order valence-corrected chi connectivity index (χ2v) is 4.46. The van der Waals surface area contributed by atoms with Crippen LogP contribution in [-0.4, -0.2) is 4.98 Å². The van der Waals surface area contributed by atoms with Crippen molar-refractivity contribution in [2.75, 3.05) is 0 Å². The summed E-state index contributed by atoms with van der Waals surface area (Å²) in [6.07, 6.45) is 4.58. The molecule has 0 bridgehead atoms. The molecule has 1 nitrogen and oxygen atoms in total. The molecule has 1 rings (SSSR count). The van der Waals surface area contributed by atoms with Crippen molar-refractivity contribution in [1.29, 1.82) is 0 Å². The predicted octanol–water partition coefficient (Wildman–Crippen LogP) is 3.70. The summed E-state index contributed by atoms with van der Waals surface area (Å²) in [5.74, 6) is 0. The highest BCUT2D eigenvalue weighted by Gasteiger charge is 2.06. The Hall–Kier alpha value is -0.0800. The van der Waals surface area contributed by atoms with Gasteiger partial charge in [0.15, 0.2) is 4.47 Å². The highest BCUT2D eigenvalue weighted by Crippen LogP contribution is 2.24. The molecule has 0 amide bonds. The average Bonchev–Trinajstić information content (AvgIpc) is 2.42.